The van der Waals surface area contributed by atoms with Gasteiger partial charge in [-0.15, -0.1) is 10.2 Å². The Morgan fingerprint density at radius 1 is 1.47 bits per heavy atom. The first kappa shape index (κ1) is 10.7. The van der Waals surface area contributed by atoms with E-state index in [1.807, 2.05) is 22.7 Å². The second-order valence-corrected chi connectivity index (χ2v) is 4.42. The maximum absolute atomic E-state index is 5.62. The van der Waals surface area contributed by atoms with Gasteiger partial charge in [-0.2, -0.15) is 0 Å². The van der Waals surface area contributed by atoms with Crippen molar-refractivity contribution in [3.05, 3.63) is 29.7 Å². The molecule has 2 aromatic heterocycles. The lowest BCUT2D eigenvalue weighted by Crippen LogP contribution is -2.11. The predicted octanol–water partition coefficient (Wildman–Crippen LogP) is 0.909. The number of rotatable bonds is 3. The molecule has 0 amide bonds. The predicted molar refractivity (Wildman–Crippen MR) is 63.6 cm³/mol. The lowest BCUT2D eigenvalue weighted by atomic mass is 10.2. The summed E-state index contributed by atoms with van der Waals surface area (Å²) in [5.41, 5.74) is 7.54. The van der Waals surface area contributed by atoms with Gasteiger partial charge < -0.3 is 10.5 Å². The minimum Gasteiger partial charge on any atom is -0.378 e. The first-order valence-corrected chi connectivity index (χ1v) is 6.01. The molecule has 1 saturated heterocycles. The monoisotopic (exact) mass is 232 g/mol. The zero-order valence-electron chi connectivity index (χ0n) is 9.67. The van der Waals surface area contributed by atoms with Gasteiger partial charge in [0.25, 0.3) is 0 Å². The third-order valence-electron chi connectivity index (χ3n) is 3.21. The molecule has 17 heavy (non-hydrogen) atoms. The summed E-state index contributed by atoms with van der Waals surface area (Å²) < 4.78 is 7.63. The first-order chi connectivity index (χ1) is 8.36. The Morgan fingerprint density at radius 2 is 2.41 bits per heavy atom. The fraction of sp³-hybridized carbons (Fsp3) is 0.500. The molecule has 0 saturated carbocycles. The van der Waals surface area contributed by atoms with E-state index >= 15 is 0 Å². The van der Waals surface area contributed by atoms with Gasteiger partial charge in [0.2, 0.25) is 0 Å². The largest absolute Gasteiger partial charge is 0.378 e. The number of hydrogen-bond acceptors (Lipinski definition) is 4. The average molecular weight is 232 g/mol. The van der Waals surface area contributed by atoms with Crippen LogP contribution in [0.4, 0.5) is 0 Å². The zero-order valence-corrected chi connectivity index (χ0v) is 9.67. The molecule has 1 aliphatic heterocycles. The molecule has 2 N–H and O–H groups in total. The van der Waals surface area contributed by atoms with Crippen LogP contribution in [0.3, 0.4) is 0 Å². The number of nitrogens with zero attached hydrogens (tertiary/aromatic N) is 3. The van der Waals surface area contributed by atoms with Crippen LogP contribution in [-0.2, 0) is 17.7 Å². The van der Waals surface area contributed by atoms with E-state index in [0.29, 0.717) is 12.6 Å². The van der Waals surface area contributed by atoms with Crippen molar-refractivity contribution in [1.82, 2.24) is 14.6 Å². The Bertz CT molecular complexity index is 516. The molecule has 1 aliphatic rings. The number of fused-ring (bicyclic) bond motifs is 1. The maximum atomic E-state index is 5.62. The molecule has 0 aliphatic carbocycles. The molecule has 0 radical (unpaired) electrons. The molecule has 1 fully saturated rings. The van der Waals surface area contributed by atoms with E-state index in [4.69, 9.17) is 10.5 Å². The second-order valence-electron chi connectivity index (χ2n) is 4.42. The van der Waals surface area contributed by atoms with Crippen molar-refractivity contribution in [3.8, 4) is 0 Å². The molecule has 5 heteroatoms. The van der Waals surface area contributed by atoms with Crippen molar-refractivity contribution < 1.29 is 4.74 Å². The van der Waals surface area contributed by atoms with Crippen LogP contribution in [-0.4, -0.2) is 27.3 Å². The quantitative estimate of drug-likeness (QED) is 0.854. The first-order valence-electron chi connectivity index (χ1n) is 6.01. The Labute approximate surface area is 99.6 Å². The van der Waals surface area contributed by atoms with Crippen LogP contribution in [0.15, 0.2) is 18.3 Å². The van der Waals surface area contributed by atoms with E-state index < -0.39 is 0 Å². The van der Waals surface area contributed by atoms with Crippen LogP contribution in [0, 0.1) is 0 Å². The van der Waals surface area contributed by atoms with Crippen molar-refractivity contribution in [2.24, 2.45) is 5.73 Å². The Hall–Kier alpha value is -1.46. The molecule has 3 heterocycles. The Morgan fingerprint density at radius 3 is 3.18 bits per heavy atom. The lowest BCUT2D eigenvalue weighted by molar-refractivity contribution is 0.109. The lowest BCUT2D eigenvalue weighted by Gasteiger charge is -2.07. The molecule has 0 aromatic carbocycles. The van der Waals surface area contributed by atoms with Gasteiger partial charge in [0, 0.05) is 25.8 Å². The van der Waals surface area contributed by atoms with Gasteiger partial charge in [-0.05, 0) is 30.5 Å². The van der Waals surface area contributed by atoms with Crippen molar-refractivity contribution in [3.63, 3.8) is 0 Å². The van der Waals surface area contributed by atoms with Crippen molar-refractivity contribution in [1.29, 1.82) is 0 Å². The summed E-state index contributed by atoms with van der Waals surface area (Å²) in [6, 6.07) is 3.99. The third kappa shape index (κ3) is 2.03. The number of aromatic nitrogens is 3. The highest BCUT2D eigenvalue weighted by molar-refractivity contribution is 5.41. The standard InChI is InChI=1S/C12H16N4O/c13-8-9-3-4-16-11(6-9)14-15-12(16)7-10-2-1-5-17-10/h3-4,6,10H,1-2,5,7-8,13H2. The van der Waals surface area contributed by atoms with Gasteiger partial charge in [0.1, 0.15) is 5.82 Å². The van der Waals surface area contributed by atoms with Crippen molar-refractivity contribution in [2.75, 3.05) is 6.61 Å². The summed E-state index contributed by atoms with van der Waals surface area (Å²) in [5, 5.41) is 8.40. The van der Waals surface area contributed by atoms with Gasteiger partial charge >= 0.3 is 0 Å². The van der Waals surface area contributed by atoms with Crippen LogP contribution in [0.1, 0.15) is 24.2 Å². The molecule has 5 nitrogen and oxygen atoms in total. The minimum atomic E-state index is 0.302. The molecule has 90 valence electrons. The van der Waals surface area contributed by atoms with Gasteiger partial charge in [0.05, 0.1) is 6.10 Å². The van der Waals surface area contributed by atoms with Gasteiger partial charge in [-0.1, -0.05) is 0 Å². The smallest absolute Gasteiger partial charge is 0.161 e. The topological polar surface area (TPSA) is 65.4 Å². The molecule has 1 unspecified atom stereocenters. The van der Waals surface area contributed by atoms with Crippen molar-refractivity contribution >= 4 is 5.65 Å². The van der Waals surface area contributed by atoms with Crippen LogP contribution >= 0.6 is 0 Å². The highest BCUT2D eigenvalue weighted by Crippen LogP contribution is 2.17. The summed E-state index contributed by atoms with van der Waals surface area (Å²) >= 11 is 0. The zero-order chi connectivity index (χ0) is 11.7. The van der Waals surface area contributed by atoms with Gasteiger partial charge in [-0.3, -0.25) is 4.40 Å². The van der Waals surface area contributed by atoms with Gasteiger partial charge in [-0.25, -0.2) is 0 Å². The molecular formula is C12H16N4O. The average Bonchev–Trinajstić information content (AvgIpc) is 2.99. The van der Waals surface area contributed by atoms with Crippen LogP contribution in [0.2, 0.25) is 0 Å². The fourth-order valence-electron chi connectivity index (χ4n) is 2.26. The third-order valence-corrected chi connectivity index (χ3v) is 3.21. The van der Waals surface area contributed by atoms with Gasteiger partial charge in [0.15, 0.2) is 5.65 Å². The van der Waals surface area contributed by atoms with E-state index in [1.165, 1.54) is 0 Å². The molecule has 0 bridgehead atoms. The van der Waals surface area contributed by atoms with E-state index in [0.717, 1.165) is 42.9 Å². The summed E-state index contributed by atoms with van der Waals surface area (Å²) in [5.74, 6) is 0.968. The van der Waals surface area contributed by atoms with Crippen molar-refractivity contribution in [2.45, 2.75) is 31.9 Å². The molecule has 3 rings (SSSR count). The van der Waals surface area contributed by atoms with E-state index in [-0.39, 0.29) is 0 Å². The summed E-state index contributed by atoms with van der Waals surface area (Å²) in [7, 11) is 0. The summed E-state index contributed by atoms with van der Waals surface area (Å²) in [6.07, 6.45) is 5.40. The number of hydrogen-bond donors (Lipinski definition) is 1. The molecule has 2 aromatic rings. The van der Waals surface area contributed by atoms with Crippen LogP contribution in [0.25, 0.3) is 5.65 Å². The number of ether oxygens (including phenoxy) is 1. The number of nitrogens with two attached hydrogens (primary N) is 1. The molecular weight excluding hydrogens is 216 g/mol. The minimum absolute atomic E-state index is 0.302. The summed E-state index contributed by atoms with van der Waals surface area (Å²) in [6.45, 7) is 1.41. The fourth-order valence-corrected chi connectivity index (χ4v) is 2.26. The maximum Gasteiger partial charge on any atom is 0.161 e. The van der Waals surface area contributed by atoms with E-state index in [2.05, 4.69) is 10.2 Å². The van der Waals surface area contributed by atoms with Crippen LogP contribution < -0.4 is 5.73 Å². The molecule has 1 atom stereocenters. The van der Waals surface area contributed by atoms with E-state index in [9.17, 15) is 0 Å². The Kier molecular flexibility index (Phi) is 2.78. The second kappa shape index (κ2) is 4.43. The highest BCUT2D eigenvalue weighted by atomic mass is 16.5. The molecule has 0 spiro atoms. The summed E-state index contributed by atoms with van der Waals surface area (Å²) in [4.78, 5) is 0. The highest BCUT2D eigenvalue weighted by Gasteiger charge is 2.18. The SMILES string of the molecule is NCc1ccn2c(CC3CCCO3)nnc2c1. The van der Waals surface area contributed by atoms with E-state index in [1.54, 1.807) is 0 Å². The normalized spacial score (nSPS) is 20.2. The Balaban J connectivity index is 1.89. The van der Waals surface area contributed by atoms with Crippen LogP contribution in [0.5, 0.6) is 0 Å². The number of pyridine rings is 1.